The maximum atomic E-state index is 12.3. The van der Waals surface area contributed by atoms with Gasteiger partial charge in [0.25, 0.3) is 0 Å². The van der Waals surface area contributed by atoms with Crippen LogP contribution in [0.3, 0.4) is 0 Å². The lowest BCUT2D eigenvalue weighted by molar-refractivity contribution is -0.130. The molecule has 0 spiro atoms. The zero-order valence-electron chi connectivity index (χ0n) is 11.8. The summed E-state index contributed by atoms with van der Waals surface area (Å²) in [4.78, 5) is 14.2. The maximum Gasteiger partial charge on any atom is 0.244 e. The van der Waals surface area contributed by atoms with E-state index < -0.39 is 0 Å². The highest BCUT2D eigenvalue weighted by Crippen LogP contribution is 2.26. The Bertz CT molecular complexity index is 670. The lowest BCUT2D eigenvalue weighted by atomic mass is 10.2. The molecule has 1 saturated heterocycles. The number of likely N-dealkylation sites (tertiary alicyclic amines) is 1. The van der Waals surface area contributed by atoms with Gasteiger partial charge in [0.15, 0.2) is 11.0 Å². The molecule has 2 heterocycles. The quantitative estimate of drug-likeness (QED) is 0.947. The second kappa shape index (κ2) is 5.85. The highest BCUT2D eigenvalue weighted by atomic mass is 35.5. The zero-order valence-corrected chi connectivity index (χ0v) is 12.6. The maximum absolute atomic E-state index is 12.3. The Balaban J connectivity index is 1.84. The summed E-state index contributed by atoms with van der Waals surface area (Å²) in [6, 6.07) is 7.30. The Morgan fingerprint density at radius 1 is 1.24 bits per heavy atom. The van der Waals surface area contributed by atoms with Gasteiger partial charge >= 0.3 is 0 Å². The van der Waals surface area contributed by atoms with E-state index in [1.165, 1.54) is 0 Å². The van der Waals surface area contributed by atoms with Crippen LogP contribution in [-0.2, 0) is 4.79 Å². The third kappa shape index (κ3) is 2.78. The van der Waals surface area contributed by atoms with Crippen LogP contribution in [0.2, 0.25) is 5.15 Å². The van der Waals surface area contributed by atoms with E-state index in [0.717, 1.165) is 36.7 Å². The van der Waals surface area contributed by atoms with Crippen molar-refractivity contribution in [3.63, 3.8) is 0 Å². The van der Waals surface area contributed by atoms with Crippen LogP contribution in [0.4, 0.5) is 5.82 Å². The second-order valence-electron chi connectivity index (χ2n) is 5.28. The van der Waals surface area contributed by atoms with E-state index in [2.05, 4.69) is 15.5 Å². The van der Waals surface area contributed by atoms with Gasteiger partial charge in [-0.05, 0) is 19.8 Å². The minimum Gasteiger partial charge on any atom is -0.357 e. The highest BCUT2D eigenvalue weighted by Gasteiger charge is 2.24. The minimum atomic E-state index is -0.331. The summed E-state index contributed by atoms with van der Waals surface area (Å²) in [5, 5.41) is 13.3. The number of rotatable bonds is 3. The summed E-state index contributed by atoms with van der Waals surface area (Å²) >= 11 is 6.06. The average Bonchev–Trinajstić information content (AvgIpc) is 3.04. The van der Waals surface area contributed by atoms with Gasteiger partial charge < -0.3 is 10.2 Å². The average molecular weight is 305 g/mol. The van der Waals surface area contributed by atoms with Crippen molar-refractivity contribution in [2.24, 2.45) is 0 Å². The lowest BCUT2D eigenvalue weighted by Crippen LogP contribution is -2.39. The van der Waals surface area contributed by atoms with Crippen molar-refractivity contribution in [2.75, 3.05) is 18.4 Å². The topological polar surface area (TPSA) is 58.1 Å². The SMILES string of the molecule is CC(Nc1nnc(Cl)c2ccccc12)C(=O)N1CCCC1. The molecule has 1 amide bonds. The van der Waals surface area contributed by atoms with Crippen LogP contribution in [0.15, 0.2) is 24.3 Å². The molecule has 1 atom stereocenters. The van der Waals surface area contributed by atoms with Crippen LogP contribution in [0, 0.1) is 0 Å². The fraction of sp³-hybridized carbons (Fsp3) is 0.400. The van der Waals surface area contributed by atoms with Crippen molar-refractivity contribution in [3.8, 4) is 0 Å². The number of anilines is 1. The summed E-state index contributed by atoms with van der Waals surface area (Å²) in [6.07, 6.45) is 2.17. The summed E-state index contributed by atoms with van der Waals surface area (Å²) in [6.45, 7) is 3.54. The third-order valence-electron chi connectivity index (χ3n) is 3.78. The van der Waals surface area contributed by atoms with Gasteiger partial charge in [-0.15, -0.1) is 10.2 Å². The minimum absolute atomic E-state index is 0.105. The van der Waals surface area contributed by atoms with Crippen LogP contribution in [0.5, 0.6) is 0 Å². The van der Waals surface area contributed by atoms with Crippen LogP contribution in [-0.4, -0.2) is 40.1 Å². The van der Waals surface area contributed by atoms with Crippen molar-refractivity contribution in [1.82, 2.24) is 15.1 Å². The van der Waals surface area contributed by atoms with Gasteiger partial charge in [0.05, 0.1) is 0 Å². The van der Waals surface area contributed by atoms with E-state index in [-0.39, 0.29) is 11.9 Å². The third-order valence-corrected chi connectivity index (χ3v) is 4.06. The number of carbonyl (C=O) groups is 1. The van der Waals surface area contributed by atoms with Crippen LogP contribution < -0.4 is 5.32 Å². The summed E-state index contributed by atoms with van der Waals surface area (Å²) in [5.74, 6) is 0.698. The smallest absolute Gasteiger partial charge is 0.244 e. The fourth-order valence-corrected chi connectivity index (χ4v) is 2.86. The van der Waals surface area contributed by atoms with Gasteiger partial charge in [-0.3, -0.25) is 4.79 Å². The molecule has 0 saturated carbocycles. The molecule has 0 bridgehead atoms. The molecule has 2 aromatic rings. The first-order chi connectivity index (χ1) is 10.2. The predicted octanol–water partition coefficient (Wildman–Crippen LogP) is 2.71. The van der Waals surface area contributed by atoms with Crippen molar-refractivity contribution < 1.29 is 4.79 Å². The van der Waals surface area contributed by atoms with Gasteiger partial charge in [0.2, 0.25) is 5.91 Å². The molecule has 0 radical (unpaired) electrons. The molecule has 6 heteroatoms. The monoisotopic (exact) mass is 304 g/mol. The number of carbonyl (C=O) groups excluding carboxylic acids is 1. The first-order valence-corrected chi connectivity index (χ1v) is 7.51. The Labute approximate surface area is 128 Å². The molecule has 5 nitrogen and oxygen atoms in total. The van der Waals surface area contributed by atoms with E-state index in [4.69, 9.17) is 11.6 Å². The molecule has 3 rings (SSSR count). The molecular formula is C15H17ClN4O. The molecular weight excluding hydrogens is 288 g/mol. The van der Waals surface area contributed by atoms with E-state index in [1.807, 2.05) is 36.1 Å². The van der Waals surface area contributed by atoms with Crippen molar-refractivity contribution in [2.45, 2.75) is 25.8 Å². The van der Waals surface area contributed by atoms with Crippen LogP contribution >= 0.6 is 11.6 Å². The summed E-state index contributed by atoms with van der Waals surface area (Å²) in [5.41, 5.74) is 0. The van der Waals surface area contributed by atoms with E-state index in [9.17, 15) is 4.79 Å². The number of hydrogen-bond acceptors (Lipinski definition) is 4. The van der Waals surface area contributed by atoms with Crippen molar-refractivity contribution >= 4 is 34.1 Å². The first kappa shape index (κ1) is 14.1. The standard InChI is InChI=1S/C15H17ClN4O/c1-10(15(21)20-8-4-5-9-20)17-14-12-7-3-2-6-11(12)13(16)18-19-14/h2-3,6-7,10H,4-5,8-9H2,1H3,(H,17,19). The summed E-state index contributed by atoms with van der Waals surface area (Å²) < 4.78 is 0. The Morgan fingerprint density at radius 2 is 1.90 bits per heavy atom. The first-order valence-electron chi connectivity index (χ1n) is 7.13. The molecule has 1 fully saturated rings. The molecule has 1 aliphatic heterocycles. The number of aromatic nitrogens is 2. The van der Waals surface area contributed by atoms with Gasteiger partial charge in [-0.1, -0.05) is 35.9 Å². The van der Waals surface area contributed by atoms with Gasteiger partial charge in [0, 0.05) is 23.9 Å². The number of hydrogen-bond donors (Lipinski definition) is 1. The molecule has 1 aromatic carbocycles. The molecule has 1 aromatic heterocycles. The second-order valence-corrected chi connectivity index (χ2v) is 5.64. The lowest BCUT2D eigenvalue weighted by Gasteiger charge is -2.21. The largest absolute Gasteiger partial charge is 0.357 e. The molecule has 1 aliphatic rings. The molecule has 1 N–H and O–H groups in total. The predicted molar refractivity (Wildman–Crippen MR) is 83.4 cm³/mol. The molecule has 21 heavy (non-hydrogen) atoms. The Morgan fingerprint density at radius 3 is 2.62 bits per heavy atom. The van der Waals surface area contributed by atoms with Gasteiger partial charge in [-0.25, -0.2) is 0 Å². The van der Waals surface area contributed by atoms with Gasteiger partial charge in [-0.2, -0.15) is 0 Å². The molecule has 110 valence electrons. The number of nitrogens with one attached hydrogen (secondary N) is 1. The zero-order chi connectivity index (χ0) is 14.8. The molecule has 1 unspecified atom stereocenters. The van der Waals surface area contributed by atoms with Gasteiger partial charge in [0.1, 0.15) is 6.04 Å². The number of halogens is 1. The van der Waals surface area contributed by atoms with Crippen LogP contribution in [0.25, 0.3) is 10.8 Å². The fourth-order valence-electron chi connectivity index (χ4n) is 2.66. The van der Waals surface area contributed by atoms with E-state index in [1.54, 1.807) is 0 Å². The van der Waals surface area contributed by atoms with Crippen LogP contribution in [0.1, 0.15) is 19.8 Å². The Kier molecular flexibility index (Phi) is 3.92. The van der Waals surface area contributed by atoms with Crippen molar-refractivity contribution in [3.05, 3.63) is 29.4 Å². The van der Waals surface area contributed by atoms with E-state index >= 15 is 0 Å². The van der Waals surface area contributed by atoms with E-state index in [0.29, 0.717) is 11.0 Å². The number of benzene rings is 1. The number of nitrogens with zero attached hydrogens (tertiary/aromatic N) is 3. The summed E-state index contributed by atoms with van der Waals surface area (Å²) in [7, 11) is 0. The Hall–Kier alpha value is -1.88. The number of fused-ring (bicyclic) bond motifs is 1. The molecule has 0 aliphatic carbocycles. The highest BCUT2D eigenvalue weighted by molar-refractivity contribution is 6.34. The normalized spacial score (nSPS) is 16.2. The number of amides is 1. The van der Waals surface area contributed by atoms with Crippen molar-refractivity contribution in [1.29, 1.82) is 0 Å².